The molecule has 0 heterocycles. The summed E-state index contributed by atoms with van der Waals surface area (Å²) in [6.07, 6.45) is 2.34. The average molecular weight is 474 g/mol. The van der Waals surface area contributed by atoms with Crippen molar-refractivity contribution in [2.75, 3.05) is 13.2 Å². The van der Waals surface area contributed by atoms with Crippen LogP contribution in [0.1, 0.15) is 45.2 Å². The first-order valence-electron chi connectivity index (χ1n) is 11.2. The number of carbonyl (C=O) groups is 3. The first-order chi connectivity index (χ1) is 16.9. The lowest BCUT2D eigenvalue weighted by atomic mass is 10.1. The molecule has 0 aliphatic carbocycles. The van der Waals surface area contributed by atoms with E-state index in [1.165, 1.54) is 6.21 Å². The van der Waals surface area contributed by atoms with Crippen LogP contribution in [-0.2, 0) is 4.79 Å². The van der Waals surface area contributed by atoms with Crippen molar-refractivity contribution in [3.8, 4) is 11.5 Å². The molecule has 35 heavy (non-hydrogen) atoms. The van der Waals surface area contributed by atoms with Gasteiger partial charge in [0.1, 0.15) is 11.5 Å². The molecule has 2 amide bonds. The number of rotatable bonds is 10. The van der Waals surface area contributed by atoms with Crippen molar-refractivity contribution >= 4 is 24.0 Å². The highest BCUT2D eigenvalue weighted by atomic mass is 16.5. The fourth-order valence-corrected chi connectivity index (χ4v) is 2.88. The van der Waals surface area contributed by atoms with Crippen LogP contribution in [0.5, 0.6) is 11.5 Å². The number of benzene rings is 3. The van der Waals surface area contributed by atoms with Crippen LogP contribution in [0.25, 0.3) is 0 Å². The van der Waals surface area contributed by atoms with E-state index in [0.717, 1.165) is 12.0 Å². The van der Waals surface area contributed by atoms with E-state index in [1.54, 1.807) is 60.7 Å². The molecule has 0 saturated heterocycles. The van der Waals surface area contributed by atoms with E-state index in [0.29, 0.717) is 34.8 Å². The van der Waals surface area contributed by atoms with Gasteiger partial charge in [0, 0.05) is 5.56 Å². The van der Waals surface area contributed by atoms with Gasteiger partial charge in [0.15, 0.2) is 0 Å². The van der Waals surface area contributed by atoms with Crippen LogP contribution in [0.3, 0.4) is 0 Å². The summed E-state index contributed by atoms with van der Waals surface area (Å²) in [5.41, 5.74) is 4.99. The van der Waals surface area contributed by atoms with Crippen LogP contribution in [0.15, 0.2) is 77.9 Å². The van der Waals surface area contributed by atoms with Gasteiger partial charge in [-0.3, -0.25) is 9.59 Å². The Morgan fingerprint density at radius 2 is 1.49 bits per heavy atom. The molecule has 2 N–H and O–H groups in total. The lowest BCUT2D eigenvalue weighted by molar-refractivity contribution is -0.120. The zero-order chi connectivity index (χ0) is 25.0. The molecule has 0 aliphatic rings. The molecule has 8 nitrogen and oxygen atoms in total. The Labute approximate surface area is 204 Å². The van der Waals surface area contributed by atoms with Crippen LogP contribution < -0.4 is 20.2 Å². The van der Waals surface area contributed by atoms with Gasteiger partial charge in [-0.2, -0.15) is 5.10 Å². The van der Waals surface area contributed by atoms with E-state index in [-0.39, 0.29) is 12.5 Å². The van der Waals surface area contributed by atoms with Crippen LogP contribution in [0.2, 0.25) is 0 Å². The van der Waals surface area contributed by atoms with Crippen LogP contribution in [0.4, 0.5) is 0 Å². The number of hydrazone groups is 1. The second-order valence-corrected chi connectivity index (χ2v) is 7.67. The van der Waals surface area contributed by atoms with Crippen molar-refractivity contribution in [2.24, 2.45) is 5.10 Å². The summed E-state index contributed by atoms with van der Waals surface area (Å²) >= 11 is 0. The smallest absolute Gasteiger partial charge is 0.343 e. The molecule has 0 spiro atoms. The maximum Gasteiger partial charge on any atom is 0.343 e. The third-order valence-electron chi connectivity index (χ3n) is 4.78. The SMILES string of the molecule is CCCOc1ccc(C(=O)NCC(=O)N/N=C\c2ccc(OC(=O)c3ccc(C)cc3)cc2)cc1. The Bertz CT molecular complexity index is 1170. The summed E-state index contributed by atoms with van der Waals surface area (Å²) in [7, 11) is 0. The minimum atomic E-state index is -0.471. The monoisotopic (exact) mass is 473 g/mol. The van der Waals surface area contributed by atoms with Crippen LogP contribution in [0, 0.1) is 6.92 Å². The minimum Gasteiger partial charge on any atom is -0.494 e. The topological polar surface area (TPSA) is 106 Å². The van der Waals surface area contributed by atoms with Crippen molar-refractivity contribution in [3.05, 3.63) is 95.1 Å². The zero-order valence-electron chi connectivity index (χ0n) is 19.6. The summed E-state index contributed by atoms with van der Waals surface area (Å²) < 4.78 is 10.8. The number of hydrogen-bond acceptors (Lipinski definition) is 6. The zero-order valence-corrected chi connectivity index (χ0v) is 19.6. The largest absolute Gasteiger partial charge is 0.494 e. The Balaban J connectivity index is 1.41. The molecule has 3 rings (SSSR count). The number of nitrogens with zero attached hydrogens (tertiary/aromatic N) is 1. The molecule has 3 aromatic carbocycles. The van der Waals surface area contributed by atoms with Crippen molar-refractivity contribution < 1.29 is 23.9 Å². The summed E-state index contributed by atoms with van der Waals surface area (Å²) in [5, 5.41) is 6.42. The predicted octanol–water partition coefficient (Wildman–Crippen LogP) is 3.88. The highest BCUT2D eigenvalue weighted by Gasteiger charge is 2.09. The number of aryl methyl sites for hydroxylation is 1. The van der Waals surface area contributed by atoms with E-state index >= 15 is 0 Å². The van der Waals surface area contributed by atoms with Gasteiger partial charge < -0.3 is 14.8 Å². The lowest BCUT2D eigenvalue weighted by Crippen LogP contribution is -2.34. The molecule has 0 unspecified atom stereocenters. The Kier molecular flexibility index (Phi) is 9.13. The van der Waals surface area contributed by atoms with Gasteiger partial charge in [0.05, 0.1) is 24.9 Å². The number of ether oxygens (including phenoxy) is 2. The number of esters is 1. The van der Waals surface area contributed by atoms with Crippen LogP contribution in [-0.4, -0.2) is 37.1 Å². The maximum atomic E-state index is 12.2. The van der Waals surface area contributed by atoms with E-state index in [2.05, 4.69) is 15.8 Å². The number of nitrogens with one attached hydrogen (secondary N) is 2. The molecule has 0 fully saturated rings. The van der Waals surface area contributed by atoms with Gasteiger partial charge in [-0.25, -0.2) is 10.2 Å². The van der Waals surface area contributed by atoms with Crippen LogP contribution >= 0.6 is 0 Å². The molecule has 180 valence electrons. The van der Waals surface area contributed by atoms with Crippen molar-refractivity contribution in [2.45, 2.75) is 20.3 Å². The van der Waals surface area contributed by atoms with Crippen molar-refractivity contribution in [1.82, 2.24) is 10.7 Å². The highest BCUT2D eigenvalue weighted by molar-refractivity contribution is 5.96. The van der Waals surface area contributed by atoms with Crippen molar-refractivity contribution in [1.29, 1.82) is 0 Å². The van der Waals surface area contributed by atoms with Gasteiger partial charge in [0.2, 0.25) is 0 Å². The molecular formula is C27H27N3O5. The Morgan fingerprint density at radius 3 is 2.14 bits per heavy atom. The fraction of sp³-hybridized carbons (Fsp3) is 0.185. The van der Waals surface area contributed by atoms with E-state index in [9.17, 15) is 14.4 Å². The molecule has 0 saturated carbocycles. The molecule has 0 aliphatic heterocycles. The molecular weight excluding hydrogens is 446 g/mol. The molecule has 0 aromatic heterocycles. The number of amides is 2. The molecule has 3 aromatic rings. The highest BCUT2D eigenvalue weighted by Crippen LogP contribution is 2.14. The molecule has 0 radical (unpaired) electrons. The second kappa shape index (κ2) is 12.7. The van der Waals surface area contributed by atoms with Gasteiger partial charge >= 0.3 is 5.97 Å². The van der Waals surface area contributed by atoms with Crippen molar-refractivity contribution in [3.63, 3.8) is 0 Å². The van der Waals surface area contributed by atoms with Gasteiger partial charge in [-0.1, -0.05) is 24.6 Å². The summed E-state index contributed by atoms with van der Waals surface area (Å²) in [5.74, 6) is -0.207. The molecule has 0 bridgehead atoms. The number of hydrogen-bond donors (Lipinski definition) is 2. The molecule has 8 heteroatoms. The normalized spacial score (nSPS) is 10.6. The fourth-order valence-electron chi connectivity index (χ4n) is 2.88. The Morgan fingerprint density at radius 1 is 0.857 bits per heavy atom. The molecule has 0 atom stereocenters. The summed E-state index contributed by atoms with van der Waals surface area (Å²) in [6, 6.07) is 20.5. The minimum absolute atomic E-state index is 0.224. The summed E-state index contributed by atoms with van der Waals surface area (Å²) in [4.78, 5) is 36.3. The standard InChI is InChI=1S/C27H27N3O5/c1-3-16-34-23-14-10-21(11-15-23)26(32)28-18-25(31)30-29-17-20-6-12-24(13-7-20)35-27(33)22-8-4-19(2)5-9-22/h4-15,17H,3,16,18H2,1-2H3,(H,28,32)(H,30,31)/b29-17-. The average Bonchev–Trinajstić information content (AvgIpc) is 2.87. The first-order valence-corrected chi connectivity index (χ1v) is 11.2. The van der Waals surface area contributed by atoms with E-state index in [4.69, 9.17) is 9.47 Å². The predicted molar refractivity (Wildman–Crippen MR) is 133 cm³/mol. The van der Waals surface area contributed by atoms with E-state index < -0.39 is 11.9 Å². The van der Waals surface area contributed by atoms with Gasteiger partial charge in [-0.15, -0.1) is 0 Å². The Hall–Kier alpha value is -4.46. The first kappa shape index (κ1) is 25.2. The number of carbonyl (C=O) groups excluding carboxylic acids is 3. The summed E-state index contributed by atoms with van der Waals surface area (Å²) in [6.45, 7) is 4.34. The third kappa shape index (κ3) is 8.12. The lowest BCUT2D eigenvalue weighted by Gasteiger charge is -2.07. The van der Waals surface area contributed by atoms with E-state index in [1.807, 2.05) is 26.0 Å². The quantitative estimate of drug-likeness (QED) is 0.201. The second-order valence-electron chi connectivity index (χ2n) is 7.67. The van der Waals surface area contributed by atoms with Gasteiger partial charge in [0.25, 0.3) is 11.8 Å². The third-order valence-corrected chi connectivity index (χ3v) is 4.78. The van der Waals surface area contributed by atoms with Gasteiger partial charge in [-0.05, 0) is 79.6 Å². The maximum absolute atomic E-state index is 12.2.